The SMILES string of the molecule is C[C@@H](O)CCC(=O)N/N=C\c1c2ccccc2cc2ccccc12. The molecule has 1 atom stereocenters. The zero-order chi connectivity index (χ0) is 16.9. The number of benzene rings is 3. The van der Waals surface area contributed by atoms with E-state index in [4.69, 9.17) is 0 Å². The van der Waals surface area contributed by atoms with E-state index in [-0.39, 0.29) is 12.3 Å². The van der Waals surface area contributed by atoms with Crippen LogP contribution in [-0.2, 0) is 4.79 Å². The summed E-state index contributed by atoms with van der Waals surface area (Å²) in [6.45, 7) is 1.67. The fourth-order valence-electron chi connectivity index (χ4n) is 2.75. The standard InChI is InChI=1S/C20H20N2O2/c1-14(23)10-11-20(24)22-21-13-19-17-8-4-2-6-15(17)12-16-7-3-5-9-18(16)19/h2-9,12-14,23H,10-11H2,1H3,(H,22,24)/b21-13-/t14-/m1/s1. The van der Waals surface area contributed by atoms with Crippen molar-refractivity contribution in [3.8, 4) is 0 Å². The van der Waals surface area contributed by atoms with E-state index in [9.17, 15) is 9.90 Å². The predicted octanol–water partition coefficient (Wildman–Crippen LogP) is 3.60. The molecule has 4 nitrogen and oxygen atoms in total. The van der Waals surface area contributed by atoms with E-state index in [1.165, 1.54) is 0 Å². The molecule has 0 saturated heterocycles. The number of carbonyl (C=O) groups excluding carboxylic acids is 1. The van der Waals surface area contributed by atoms with Crippen molar-refractivity contribution >= 4 is 33.7 Å². The number of hydrogen-bond donors (Lipinski definition) is 2. The highest BCUT2D eigenvalue weighted by Gasteiger charge is 2.06. The molecule has 0 aliphatic heterocycles. The lowest BCUT2D eigenvalue weighted by atomic mass is 9.97. The summed E-state index contributed by atoms with van der Waals surface area (Å²) in [5.74, 6) is -0.198. The highest BCUT2D eigenvalue weighted by atomic mass is 16.3. The summed E-state index contributed by atoms with van der Waals surface area (Å²) in [6.07, 6.45) is 1.90. The Morgan fingerprint density at radius 1 is 1.12 bits per heavy atom. The van der Waals surface area contributed by atoms with Gasteiger partial charge in [0.05, 0.1) is 12.3 Å². The van der Waals surface area contributed by atoms with E-state index >= 15 is 0 Å². The minimum atomic E-state index is -0.484. The van der Waals surface area contributed by atoms with Crippen molar-refractivity contribution in [1.29, 1.82) is 0 Å². The molecule has 0 unspecified atom stereocenters. The van der Waals surface area contributed by atoms with Crippen LogP contribution in [0, 0.1) is 0 Å². The Morgan fingerprint density at radius 2 is 1.71 bits per heavy atom. The van der Waals surface area contributed by atoms with Crippen molar-refractivity contribution in [3.05, 3.63) is 60.2 Å². The number of nitrogens with zero attached hydrogens (tertiary/aromatic N) is 1. The van der Waals surface area contributed by atoms with Gasteiger partial charge in [0, 0.05) is 12.0 Å². The molecule has 0 bridgehead atoms. The van der Waals surface area contributed by atoms with Crippen molar-refractivity contribution in [2.24, 2.45) is 5.10 Å². The maximum Gasteiger partial charge on any atom is 0.240 e. The van der Waals surface area contributed by atoms with Gasteiger partial charge in [-0.2, -0.15) is 5.10 Å². The van der Waals surface area contributed by atoms with Crippen molar-refractivity contribution in [3.63, 3.8) is 0 Å². The van der Waals surface area contributed by atoms with Crippen LogP contribution in [0.3, 0.4) is 0 Å². The Morgan fingerprint density at radius 3 is 2.29 bits per heavy atom. The first-order chi connectivity index (χ1) is 11.6. The Labute approximate surface area is 140 Å². The first-order valence-electron chi connectivity index (χ1n) is 8.05. The zero-order valence-electron chi connectivity index (χ0n) is 13.6. The molecule has 4 heteroatoms. The molecule has 3 aromatic carbocycles. The number of hydrazone groups is 1. The van der Waals surface area contributed by atoms with Gasteiger partial charge in [-0.25, -0.2) is 5.43 Å². The molecule has 1 amide bonds. The van der Waals surface area contributed by atoms with Crippen LogP contribution in [0.15, 0.2) is 59.7 Å². The minimum Gasteiger partial charge on any atom is -0.393 e. The summed E-state index contributed by atoms with van der Waals surface area (Å²) in [6, 6.07) is 18.4. The van der Waals surface area contributed by atoms with Gasteiger partial charge in [-0.3, -0.25) is 4.79 Å². The third-order valence-electron chi connectivity index (χ3n) is 3.99. The maximum atomic E-state index is 11.7. The van der Waals surface area contributed by atoms with Crippen LogP contribution in [0.2, 0.25) is 0 Å². The molecule has 0 aliphatic carbocycles. The average Bonchev–Trinajstić information content (AvgIpc) is 2.59. The molecule has 122 valence electrons. The largest absolute Gasteiger partial charge is 0.393 e. The molecule has 0 aromatic heterocycles. The minimum absolute atomic E-state index is 0.198. The molecule has 0 saturated carbocycles. The van der Waals surface area contributed by atoms with Crippen LogP contribution >= 0.6 is 0 Å². The number of carbonyl (C=O) groups is 1. The van der Waals surface area contributed by atoms with Crippen LogP contribution in [0.4, 0.5) is 0 Å². The van der Waals surface area contributed by atoms with E-state index < -0.39 is 6.10 Å². The zero-order valence-corrected chi connectivity index (χ0v) is 13.6. The number of rotatable bonds is 5. The van der Waals surface area contributed by atoms with Crippen molar-refractivity contribution < 1.29 is 9.90 Å². The fourth-order valence-corrected chi connectivity index (χ4v) is 2.75. The predicted molar refractivity (Wildman–Crippen MR) is 98.1 cm³/mol. The van der Waals surface area contributed by atoms with Gasteiger partial charge in [0.2, 0.25) is 5.91 Å². The van der Waals surface area contributed by atoms with E-state index in [0.29, 0.717) is 6.42 Å². The van der Waals surface area contributed by atoms with Gasteiger partial charge in [0.25, 0.3) is 0 Å². The lowest BCUT2D eigenvalue weighted by molar-refractivity contribution is -0.121. The maximum absolute atomic E-state index is 11.7. The topological polar surface area (TPSA) is 61.7 Å². The van der Waals surface area contributed by atoms with Crippen molar-refractivity contribution in [2.75, 3.05) is 0 Å². The first-order valence-corrected chi connectivity index (χ1v) is 8.05. The van der Waals surface area contributed by atoms with Crippen LogP contribution in [0.25, 0.3) is 21.5 Å². The smallest absolute Gasteiger partial charge is 0.240 e. The first kappa shape index (κ1) is 16.1. The summed E-state index contributed by atoms with van der Waals surface area (Å²) >= 11 is 0. The van der Waals surface area contributed by atoms with Crippen LogP contribution in [-0.4, -0.2) is 23.3 Å². The molecule has 0 aliphatic rings. The van der Waals surface area contributed by atoms with Gasteiger partial charge in [-0.05, 0) is 41.0 Å². The summed E-state index contributed by atoms with van der Waals surface area (Å²) in [5.41, 5.74) is 3.52. The molecule has 0 heterocycles. The van der Waals surface area contributed by atoms with Crippen molar-refractivity contribution in [1.82, 2.24) is 5.43 Å². The molecule has 3 aromatic rings. The van der Waals surface area contributed by atoms with Gasteiger partial charge >= 0.3 is 0 Å². The average molecular weight is 320 g/mol. The molecule has 24 heavy (non-hydrogen) atoms. The summed E-state index contributed by atoms with van der Waals surface area (Å²) in [5, 5.41) is 17.8. The van der Waals surface area contributed by atoms with Gasteiger partial charge < -0.3 is 5.11 Å². The number of hydrogen-bond acceptors (Lipinski definition) is 3. The number of amides is 1. The molecular weight excluding hydrogens is 300 g/mol. The Hall–Kier alpha value is -2.72. The Balaban J connectivity index is 1.92. The van der Waals surface area contributed by atoms with Gasteiger partial charge in [-0.15, -0.1) is 0 Å². The number of nitrogens with one attached hydrogen (secondary N) is 1. The fraction of sp³-hybridized carbons (Fsp3) is 0.200. The summed E-state index contributed by atoms with van der Waals surface area (Å²) in [7, 11) is 0. The highest BCUT2D eigenvalue weighted by molar-refractivity contribution is 6.13. The van der Waals surface area contributed by atoms with Crippen LogP contribution in [0.5, 0.6) is 0 Å². The molecule has 0 radical (unpaired) electrons. The van der Waals surface area contributed by atoms with Crippen LogP contribution < -0.4 is 5.43 Å². The normalized spacial score (nSPS) is 12.8. The number of aliphatic hydroxyl groups excluding tert-OH is 1. The second-order valence-electron chi connectivity index (χ2n) is 5.91. The Kier molecular flexibility index (Phi) is 4.87. The van der Waals surface area contributed by atoms with E-state index in [0.717, 1.165) is 27.1 Å². The molecule has 3 rings (SSSR count). The van der Waals surface area contributed by atoms with Gasteiger partial charge in [0.1, 0.15) is 0 Å². The summed E-state index contributed by atoms with van der Waals surface area (Å²) in [4.78, 5) is 11.7. The molecule has 2 N–H and O–H groups in total. The third-order valence-corrected chi connectivity index (χ3v) is 3.99. The van der Waals surface area contributed by atoms with E-state index in [2.05, 4.69) is 40.9 Å². The van der Waals surface area contributed by atoms with E-state index in [1.54, 1.807) is 13.1 Å². The molecular formula is C20H20N2O2. The molecule has 0 spiro atoms. The third kappa shape index (κ3) is 3.60. The lowest BCUT2D eigenvalue weighted by Crippen LogP contribution is -2.18. The number of aliphatic hydroxyl groups is 1. The lowest BCUT2D eigenvalue weighted by Gasteiger charge is -2.08. The molecule has 0 fully saturated rings. The Bertz CT molecular complexity index is 846. The highest BCUT2D eigenvalue weighted by Crippen LogP contribution is 2.27. The monoisotopic (exact) mass is 320 g/mol. The second kappa shape index (κ2) is 7.23. The van der Waals surface area contributed by atoms with E-state index in [1.807, 2.05) is 24.3 Å². The van der Waals surface area contributed by atoms with Crippen LogP contribution in [0.1, 0.15) is 25.3 Å². The van der Waals surface area contributed by atoms with Gasteiger partial charge in [-0.1, -0.05) is 48.5 Å². The second-order valence-corrected chi connectivity index (χ2v) is 5.91. The number of fused-ring (bicyclic) bond motifs is 2. The summed E-state index contributed by atoms with van der Waals surface area (Å²) < 4.78 is 0. The van der Waals surface area contributed by atoms with Gasteiger partial charge in [0.15, 0.2) is 0 Å². The quantitative estimate of drug-likeness (QED) is 0.428. The van der Waals surface area contributed by atoms with Crippen molar-refractivity contribution in [2.45, 2.75) is 25.9 Å².